The van der Waals surface area contributed by atoms with Gasteiger partial charge in [0.15, 0.2) is 5.58 Å². The van der Waals surface area contributed by atoms with Crippen LogP contribution in [0.4, 0.5) is 5.69 Å². The summed E-state index contributed by atoms with van der Waals surface area (Å²) in [5.41, 5.74) is 1.31. The van der Waals surface area contributed by atoms with Gasteiger partial charge in [0.05, 0.1) is 22.5 Å². The maximum absolute atomic E-state index is 13.1. The molecule has 4 rings (SSSR count). The van der Waals surface area contributed by atoms with Crippen molar-refractivity contribution in [1.29, 1.82) is 0 Å². The monoisotopic (exact) mass is 396 g/mol. The molecule has 0 N–H and O–H groups in total. The average Bonchev–Trinajstić information content (AvgIpc) is 3.02. The first kappa shape index (κ1) is 18.9. The molecule has 2 aromatic carbocycles. The zero-order valence-electron chi connectivity index (χ0n) is 15.9. The van der Waals surface area contributed by atoms with Crippen LogP contribution >= 0.6 is 0 Å². The van der Waals surface area contributed by atoms with Gasteiger partial charge in [0.1, 0.15) is 6.54 Å². The summed E-state index contributed by atoms with van der Waals surface area (Å²) in [6, 6.07) is 13.6. The van der Waals surface area contributed by atoms with Crippen LogP contribution in [0.3, 0.4) is 0 Å². The molecule has 0 radical (unpaired) electrons. The Morgan fingerprint density at radius 3 is 2.69 bits per heavy atom. The highest BCUT2D eigenvalue weighted by atomic mass is 16.6. The topological polar surface area (TPSA) is 102 Å². The first-order chi connectivity index (χ1) is 13.9. The number of nitro benzene ring substituents is 1. The van der Waals surface area contributed by atoms with Crippen LogP contribution < -0.4 is 5.76 Å². The Labute approximate surface area is 165 Å². The number of amides is 1. The number of hydrogen-bond donors (Lipinski definition) is 0. The molecule has 0 bridgehead atoms. The number of oxazole rings is 1. The number of carbonyl (C=O) groups is 1. The van der Waals surface area contributed by atoms with Crippen molar-refractivity contribution in [1.82, 2.24) is 14.4 Å². The second-order valence-electron chi connectivity index (χ2n) is 7.14. The number of rotatable bonds is 4. The predicted octanol–water partition coefficient (Wildman–Crippen LogP) is 2.02. The van der Waals surface area contributed by atoms with E-state index in [1.807, 2.05) is 37.4 Å². The Bertz CT molecular complexity index is 1120. The summed E-state index contributed by atoms with van der Waals surface area (Å²) in [6.07, 6.45) is 0. The van der Waals surface area contributed by atoms with E-state index in [0.717, 1.165) is 12.1 Å². The minimum absolute atomic E-state index is 0.0926. The van der Waals surface area contributed by atoms with Gasteiger partial charge in [0.25, 0.3) is 5.69 Å². The molecule has 0 spiro atoms. The first-order valence-electron chi connectivity index (χ1n) is 9.25. The molecule has 2 heterocycles. The van der Waals surface area contributed by atoms with Gasteiger partial charge in [-0.3, -0.25) is 19.5 Å². The molecule has 1 aromatic heterocycles. The van der Waals surface area contributed by atoms with Crippen LogP contribution in [0.1, 0.15) is 11.6 Å². The first-order valence-corrected chi connectivity index (χ1v) is 9.25. The summed E-state index contributed by atoms with van der Waals surface area (Å²) in [7, 11) is 2.01. The van der Waals surface area contributed by atoms with E-state index in [1.165, 1.54) is 22.8 Å². The highest BCUT2D eigenvalue weighted by molar-refractivity contribution is 5.81. The van der Waals surface area contributed by atoms with Crippen LogP contribution in [0.25, 0.3) is 11.1 Å². The van der Waals surface area contributed by atoms with Crippen molar-refractivity contribution in [2.45, 2.75) is 12.6 Å². The summed E-state index contributed by atoms with van der Waals surface area (Å²) in [5.74, 6) is -0.908. The Kier molecular flexibility index (Phi) is 4.89. The van der Waals surface area contributed by atoms with E-state index in [0.29, 0.717) is 18.6 Å². The Hall–Kier alpha value is -3.46. The third-order valence-corrected chi connectivity index (χ3v) is 5.24. The van der Waals surface area contributed by atoms with Crippen LogP contribution in [0, 0.1) is 10.1 Å². The molecule has 1 atom stereocenters. The van der Waals surface area contributed by atoms with Crippen LogP contribution in [-0.4, -0.2) is 51.9 Å². The van der Waals surface area contributed by atoms with E-state index >= 15 is 0 Å². The third kappa shape index (κ3) is 3.64. The number of nitrogens with zero attached hydrogens (tertiary/aromatic N) is 4. The molecule has 1 unspecified atom stereocenters. The number of non-ortho nitro benzene ring substituents is 1. The van der Waals surface area contributed by atoms with Gasteiger partial charge in [0, 0.05) is 25.7 Å². The summed E-state index contributed by atoms with van der Waals surface area (Å²) in [4.78, 5) is 39.7. The zero-order chi connectivity index (χ0) is 20.5. The fraction of sp³-hybridized carbons (Fsp3) is 0.300. The van der Waals surface area contributed by atoms with E-state index in [9.17, 15) is 19.7 Å². The highest BCUT2D eigenvalue weighted by Gasteiger charge is 2.31. The van der Waals surface area contributed by atoms with Crippen LogP contribution in [0.2, 0.25) is 0 Å². The van der Waals surface area contributed by atoms with Gasteiger partial charge in [-0.2, -0.15) is 0 Å². The lowest BCUT2D eigenvalue weighted by Crippen LogP contribution is -2.50. The van der Waals surface area contributed by atoms with Crippen molar-refractivity contribution >= 4 is 22.7 Å². The molecule has 1 aliphatic heterocycles. The van der Waals surface area contributed by atoms with Crippen molar-refractivity contribution in [2.75, 3.05) is 26.7 Å². The molecule has 1 amide bonds. The highest BCUT2D eigenvalue weighted by Crippen LogP contribution is 2.26. The zero-order valence-corrected chi connectivity index (χ0v) is 15.9. The number of aromatic nitrogens is 1. The summed E-state index contributed by atoms with van der Waals surface area (Å²) < 4.78 is 6.35. The molecule has 150 valence electrons. The summed E-state index contributed by atoms with van der Waals surface area (Å²) in [5, 5.41) is 10.9. The van der Waals surface area contributed by atoms with Gasteiger partial charge >= 0.3 is 5.76 Å². The van der Waals surface area contributed by atoms with Crippen LogP contribution in [0.5, 0.6) is 0 Å². The molecule has 29 heavy (non-hydrogen) atoms. The molecule has 1 fully saturated rings. The summed E-state index contributed by atoms with van der Waals surface area (Å²) >= 11 is 0. The van der Waals surface area contributed by atoms with E-state index in [-0.39, 0.29) is 29.8 Å². The van der Waals surface area contributed by atoms with Gasteiger partial charge in [-0.15, -0.1) is 0 Å². The maximum atomic E-state index is 13.1. The lowest BCUT2D eigenvalue weighted by molar-refractivity contribution is -0.384. The number of hydrogen-bond acceptors (Lipinski definition) is 6. The van der Waals surface area contributed by atoms with Crippen molar-refractivity contribution in [3.8, 4) is 0 Å². The van der Waals surface area contributed by atoms with Crippen LogP contribution in [-0.2, 0) is 11.3 Å². The molecular formula is C20H20N4O5. The maximum Gasteiger partial charge on any atom is 0.420 e. The Morgan fingerprint density at radius 2 is 1.97 bits per heavy atom. The molecular weight excluding hydrogens is 376 g/mol. The fourth-order valence-electron chi connectivity index (χ4n) is 3.72. The van der Waals surface area contributed by atoms with Crippen molar-refractivity contribution in [3.63, 3.8) is 0 Å². The van der Waals surface area contributed by atoms with E-state index in [1.54, 1.807) is 4.90 Å². The van der Waals surface area contributed by atoms with Crippen molar-refractivity contribution < 1.29 is 14.1 Å². The summed E-state index contributed by atoms with van der Waals surface area (Å²) in [6.45, 7) is 1.80. The molecule has 1 saturated heterocycles. The fourth-order valence-corrected chi connectivity index (χ4v) is 3.72. The van der Waals surface area contributed by atoms with Gasteiger partial charge in [-0.05, 0) is 18.7 Å². The molecule has 9 nitrogen and oxygen atoms in total. The molecule has 0 aliphatic carbocycles. The number of benzene rings is 2. The number of fused-ring (bicyclic) bond motifs is 1. The second-order valence-corrected chi connectivity index (χ2v) is 7.14. The molecule has 3 aromatic rings. The minimum atomic E-state index is -0.709. The largest absolute Gasteiger partial charge is 0.420 e. The van der Waals surface area contributed by atoms with Gasteiger partial charge in [0.2, 0.25) is 5.91 Å². The SMILES string of the molecule is CN1CCN(C(=O)Cn2c(=O)oc3cc([N+](=O)[O-])ccc32)C(c2ccccc2)C1. The van der Waals surface area contributed by atoms with Crippen molar-refractivity contribution in [2.24, 2.45) is 0 Å². The number of nitro groups is 1. The van der Waals surface area contributed by atoms with Gasteiger partial charge in [-0.1, -0.05) is 30.3 Å². The normalized spacial score (nSPS) is 17.6. The minimum Gasteiger partial charge on any atom is -0.407 e. The van der Waals surface area contributed by atoms with E-state index in [4.69, 9.17) is 4.42 Å². The standard InChI is InChI=1S/C20H20N4O5/c1-21-9-10-22(17(12-21)14-5-3-2-4-6-14)19(25)13-23-16-8-7-15(24(27)28)11-18(16)29-20(23)26/h2-8,11,17H,9-10,12-13H2,1H3. The lowest BCUT2D eigenvalue weighted by Gasteiger charge is -2.40. The predicted molar refractivity (Wildman–Crippen MR) is 106 cm³/mol. The molecule has 1 aliphatic rings. The van der Waals surface area contributed by atoms with Crippen molar-refractivity contribution in [3.05, 3.63) is 74.8 Å². The third-order valence-electron chi connectivity index (χ3n) is 5.24. The quantitative estimate of drug-likeness (QED) is 0.494. The second kappa shape index (κ2) is 7.51. The number of piperazine rings is 1. The Balaban J connectivity index is 1.63. The van der Waals surface area contributed by atoms with Gasteiger partial charge in [-0.25, -0.2) is 4.79 Å². The smallest absolute Gasteiger partial charge is 0.407 e. The van der Waals surface area contributed by atoms with E-state index < -0.39 is 10.7 Å². The molecule has 0 saturated carbocycles. The average molecular weight is 396 g/mol. The van der Waals surface area contributed by atoms with Gasteiger partial charge < -0.3 is 14.2 Å². The Morgan fingerprint density at radius 1 is 1.21 bits per heavy atom. The lowest BCUT2D eigenvalue weighted by atomic mass is 10.0. The number of carbonyl (C=O) groups excluding carboxylic acids is 1. The number of likely N-dealkylation sites (N-methyl/N-ethyl adjacent to an activating group) is 1. The van der Waals surface area contributed by atoms with Crippen LogP contribution in [0.15, 0.2) is 57.7 Å². The van der Waals surface area contributed by atoms with E-state index in [2.05, 4.69) is 4.90 Å². The molecule has 9 heteroatoms.